The summed E-state index contributed by atoms with van der Waals surface area (Å²) in [4.78, 5) is 40.0. The molecule has 196 valence electrons. The highest BCUT2D eigenvalue weighted by molar-refractivity contribution is 8.01. The van der Waals surface area contributed by atoms with Crippen molar-refractivity contribution in [2.75, 3.05) is 41.7 Å². The van der Waals surface area contributed by atoms with Gasteiger partial charge in [-0.15, -0.1) is 11.3 Å². The summed E-state index contributed by atoms with van der Waals surface area (Å²) in [6.07, 6.45) is 0. The molecule has 0 atom stereocenters. The lowest BCUT2D eigenvalue weighted by molar-refractivity contribution is 0.622. The van der Waals surface area contributed by atoms with Crippen LogP contribution in [0.4, 0.5) is 11.6 Å². The molecule has 2 aromatic carbocycles. The van der Waals surface area contributed by atoms with Crippen molar-refractivity contribution in [2.24, 2.45) is 14.1 Å². The van der Waals surface area contributed by atoms with Gasteiger partial charge in [-0.25, -0.2) is 9.78 Å². The maximum atomic E-state index is 13.3. The number of aromatic nitrogens is 5. The summed E-state index contributed by atoms with van der Waals surface area (Å²) >= 11 is 9.55. The van der Waals surface area contributed by atoms with Gasteiger partial charge >= 0.3 is 5.69 Å². The van der Waals surface area contributed by atoms with Gasteiger partial charge in [-0.05, 0) is 30.3 Å². The number of benzene rings is 2. The van der Waals surface area contributed by atoms with E-state index in [0.29, 0.717) is 34.4 Å². The minimum atomic E-state index is -0.381. The second kappa shape index (κ2) is 10.1. The van der Waals surface area contributed by atoms with Crippen LogP contribution in [0.3, 0.4) is 0 Å². The number of hydrogen-bond donors (Lipinski definition) is 0. The maximum absolute atomic E-state index is 13.3. The van der Waals surface area contributed by atoms with E-state index in [0.717, 1.165) is 51.0 Å². The van der Waals surface area contributed by atoms with Crippen molar-refractivity contribution < 1.29 is 0 Å². The number of thiazole rings is 1. The average Bonchev–Trinajstić information content (AvgIpc) is 3.52. The molecule has 0 amide bonds. The number of piperazine rings is 1. The molecular weight excluding hydrogens is 542 g/mol. The van der Waals surface area contributed by atoms with Crippen LogP contribution in [0, 0.1) is 0 Å². The van der Waals surface area contributed by atoms with Crippen LogP contribution in [-0.4, -0.2) is 55.6 Å². The molecule has 1 aliphatic rings. The molecule has 0 saturated carbocycles. The van der Waals surface area contributed by atoms with Gasteiger partial charge in [-0.3, -0.25) is 13.9 Å². The Balaban J connectivity index is 1.30. The molecule has 0 radical (unpaired) electrons. The molecule has 3 aromatic heterocycles. The fourth-order valence-corrected chi connectivity index (χ4v) is 7.11. The molecule has 0 N–H and O–H groups in total. The molecule has 1 fully saturated rings. The number of fused-ring (bicyclic) bond motifs is 2. The van der Waals surface area contributed by atoms with Gasteiger partial charge in [0.1, 0.15) is 0 Å². The van der Waals surface area contributed by atoms with Gasteiger partial charge in [-0.2, -0.15) is 4.98 Å². The molecular formula is C26H26ClN7O2S2. The minimum Gasteiger partial charge on any atom is -0.368 e. The van der Waals surface area contributed by atoms with Gasteiger partial charge in [-0.1, -0.05) is 41.6 Å². The molecule has 0 spiro atoms. The van der Waals surface area contributed by atoms with E-state index in [1.54, 1.807) is 30.1 Å². The number of hydrogen-bond acceptors (Lipinski definition) is 8. The highest BCUT2D eigenvalue weighted by Gasteiger charge is 2.26. The van der Waals surface area contributed by atoms with Crippen molar-refractivity contribution in [3.8, 4) is 0 Å². The number of imidazole rings is 1. The van der Waals surface area contributed by atoms with E-state index in [2.05, 4.69) is 21.9 Å². The van der Waals surface area contributed by atoms with Gasteiger partial charge in [0, 0.05) is 63.3 Å². The normalized spacial score (nSPS) is 14.2. The summed E-state index contributed by atoms with van der Waals surface area (Å²) in [5.41, 5.74) is 2.24. The quantitative estimate of drug-likeness (QED) is 0.289. The largest absolute Gasteiger partial charge is 0.368 e. The Labute approximate surface area is 231 Å². The third-order valence-electron chi connectivity index (χ3n) is 6.88. The summed E-state index contributed by atoms with van der Waals surface area (Å²) in [7, 11) is 3.18. The standard InChI is InChI=1S/C26H26ClN7O2S2/c1-30-22-21(23(35)31(2)26(30)36)34(14-15-37-25-28-19-8-3-4-9-20(19)38-25)24(29-22)33-12-10-32(11-13-33)18-7-5-6-17(27)16-18/h3-9,16H,10-15H2,1-2H3. The van der Waals surface area contributed by atoms with Crippen LogP contribution in [0.15, 0.2) is 62.5 Å². The number of aryl methyl sites for hydroxylation is 2. The predicted octanol–water partition coefficient (Wildman–Crippen LogP) is 3.82. The van der Waals surface area contributed by atoms with Crippen LogP contribution >= 0.6 is 34.7 Å². The molecule has 4 heterocycles. The van der Waals surface area contributed by atoms with Crippen LogP contribution in [0.1, 0.15) is 0 Å². The van der Waals surface area contributed by atoms with E-state index in [1.165, 1.54) is 11.6 Å². The number of nitrogens with zero attached hydrogens (tertiary/aromatic N) is 7. The molecule has 5 aromatic rings. The van der Waals surface area contributed by atoms with Crippen molar-refractivity contribution in [2.45, 2.75) is 10.9 Å². The molecule has 0 bridgehead atoms. The first-order valence-electron chi connectivity index (χ1n) is 12.3. The molecule has 1 saturated heterocycles. The van der Waals surface area contributed by atoms with Crippen LogP contribution in [0.2, 0.25) is 5.02 Å². The second-order valence-corrected chi connectivity index (χ2v) is 12.0. The van der Waals surface area contributed by atoms with E-state index in [1.807, 2.05) is 41.0 Å². The Hall–Kier alpha value is -3.28. The highest BCUT2D eigenvalue weighted by Crippen LogP contribution is 2.30. The van der Waals surface area contributed by atoms with Crippen LogP contribution in [0.25, 0.3) is 21.4 Å². The molecule has 12 heteroatoms. The Morgan fingerprint density at radius 3 is 2.47 bits per heavy atom. The van der Waals surface area contributed by atoms with E-state index in [9.17, 15) is 9.59 Å². The zero-order chi connectivity index (χ0) is 26.4. The first-order valence-corrected chi connectivity index (χ1v) is 14.5. The van der Waals surface area contributed by atoms with Crippen molar-refractivity contribution in [1.29, 1.82) is 0 Å². The van der Waals surface area contributed by atoms with Crippen LogP contribution in [0.5, 0.6) is 0 Å². The fourth-order valence-electron chi connectivity index (χ4n) is 4.86. The number of thioether (sulfide) groups is 1. The van der Waals surface area contributed by atoms with Gasteiger partial charge < -0.3 is 14.4 Å². The Morgan fingerprint density at radius 2 is 1.71 bits per heavy atom. The van der Waals surface area contributed by atoms with E-state index < -0.39 is 0 Å². The lowest BCUT2D eigenvalue weighted by atomic mass is 10.2. The van der Waals surface area contributed by atoms with Gasteiger partial charge in [0.2, 0.25) is 5.95 Å². The smallest absolute Gasteiger partial charge is 0.332 e. The topological polar surface area (TPSA) is 81.2 Å². The maximum Gasteiger partial charge on any atom is 0.332 e. The zero-order valence-corrected chi connectivity index (χ0v) is 23.4. The summed E-state index contributed by atoms with van der Waals surface area (Å²) in [6, 6.07) is 16.0. The molecule has 1 aliphatic heterocycles. The number of rotatable bonds is 6. The second-order valence-electron chi connectivity index (χ2n) is 9.19. The fraction of sp³-hybridized carbons (Fsp3) is 0.308. The van der Waals surface area contributed by atoms with Crippen molar-refractivity contribution >= 4 is 67.7 Å². The van der Waals surface area contributed by atoms with Crippen molar-refractivity contribution in [1.82, 2.24) is 23.7 Å². The van der Waals surface area contributed by atoms with Gasteiger partial charge in [0.15, 0.2) is 15.5 Å². The summed E-state index contributed by atoms with van der Waals surface area (Å²) in [5.74, 6) is 1.43. The van der Waals surface area contributed by atoms with Crippen LogP contribution < -0.4 is 21.0 Å². The SMILES string of the molecule is Cn1c(=O)c2c(nc(N3CCN(c4cccc(Cl)c4)CC3)n2CCSc2nc3ccccc3s2)n(C)c1=O. The first kappa shape index (κ1) is 25.0. The lowest BCUT2D eigenvalue weighted by Gasteiger charge is -2.36. The van der Waals surface area contributed by atoms with E-state index in [4.69, 9.17) is 21.6 Å². The Morgan fingerprint density at radius 1 is 0.947 bits per heavy atom. The highest BCUT2D eigenvalue weighted by atomic mass is 35.5. The zero-order valence-electron chi connectivity index (χ0n) is 21.0. The lowest BCUT2D eigenvalue weighted by Crippen LogP contribution is -2.47. The number of para-hydroxylation sites is 1. The number of anilines is 2. The third kappa shape index (κ3) is 4.48. The Bertz CT molecular complexity index is 1730. The summed E-state index contributed by atoms with van der Waals surface area (Å²) in [6.45, 7) is 3.61. The predicted molar refractivity (Wildman–Crippen MR) is 156 cm³/mol. The van der Waals surface area contributed by atoms with Crippen molar-refractivity contribution in [3.63, 3.8) is 0 Å². The Kier molecular flexibility index (Phi) is 6.67. The first-order chi connectivity index (χ1) is 18.4. The molecule has 9 nitrogen and oxygen atoms in total. The summed E-state index contributed by atoms with van der Waals surface area (Å²) < 4.78 is 6.74. The molecule has 38 heavy (non-hydrogen) atoms. The summed E-state index contributed by atoms with van der Waals surface area (Å²) in [5, 5.41) is 0.717. The van der Waals surface area contributed by atoms with E-state index in [-0.39, 0.29) is 11.2 Å². The average molecular weight is 568 g/mol. The van der Waals surface area contributed by atoms with Crippen LogP contribution in [-0.2, 0) is 20.6 Å². The monoisotopic (exact) mass is 567 g/mol. The third-order valence-corrected chi connectivity index (χ3v) is 9.27. The molecule has 0 unspecified atom stereocenters. The van der Waals surface area contributed by atoms with Gasteiger partial charge in [0.25, 0.3) is 5.56 Å². The minimum absolute atomic E-state index is 0.329. The molecule has 6 rings (SSSR count). The number of halogens is 1. The van der Waals surface area contributed by atoms with Crippen molar-refractivity contribution in [3.05, 3.63) is 74.4 Å². The van der Waals surface area contributed by atoms with E-state index >= 15 is 0 Å². The molecule has 0 aliphatic carbocycles. The van der Waals surface area contributed by atoms with Gasteiger partial charge in [0.05, 0.1) is 10.2 Å².